The van der Waals surface area contributed by atoms with Crippen LogP contribution in [0.1, 0.15) is 24.7 Å². The molecule has 0 saturated carbocycles. The first-order chi connectivity index (χ1) is 13.5. The molecule has 8 heteroatoms. The highest BCUT2D eigenvalue weighted by Crippen LogP contribution is 2.22. The van der Waals surface area contributed by atoms with Crippen molar-refractivity contribution >= 4 is 23.5 Å². The van der Waals surface area contributed by atoms with Crippen LogP contribution in [0.3, 0.4) is 0 Å². The Morgan fingerprint density at radius 3 is 2.93 bits per heavy atom. The van der Waals surface area contributed by atoms with E-state index in [1.807, 2.05) is 6.07 Å². The van der Waals surface area contributed by atoms with Crippen LogP contribution in [0.15, 0.2) is 47.1 Å². The third-order valence-electron chi connectivity index (χ3n) is 4.40. The number of nitrogens with one attached hydrogen (secondary N) is 1. The van der Waals surface area contributed by atoms with Gasteiger partial charge in [0.05, 0.1) is 30.4 Å². The van der Waals surface area contributed by atoms with Crippen LogP contribution in [-0.4, -0.2) is 35.3 Å². The van der Waals surface area contributed by atoms with Gasteiger partial charge >= 0.3 is 5.97 Å². The summed E-state index contributed by atoms with van der Waals surface area (Å²) in [6.45, 7) is 1.97. The van der Waals surface area contributed by atoms with Crippen LogP contribution in [0.4, 0.5) is 5.69 Å². The zero-order valence-corrected chi connectivity index (χ0v) is 15.3. The van der Waals surface area contributed by atoms with E-state index in [1.165, 1.54) is 24.2 Å². The minimum atomic E-state index is -1.03. The predicted molar refractivity (Wildman–Crippen MR) is 97.6 cm³/mol. The smallest absolute Gasteiger partial charge is 0.312 e. The van der Waals surface area contributed by atoms with Gasteiger partial charge in [0.1, 0.15) is 5.76 Å². The van der Waals surface area contributed by atoms with E-state index in [-0.39, 0.29) is 18.9 Å². The van der Waals surface area contributed by atoms with E-state index in [4.69, 9.17) is 14.4 Å². The number of hydrogen-bond acceptors (Lipinski definition) is 6. The number of furan rings is 1. The second kappa shape index (κ2) is 8.39. The summed E-state index contributed by atoms with van der Waals surface area (Å²) in [4.78, 5) is 38.2. The van der Waals surface area contributed by atoms with E-state index in [0.29, 0.717) is 23.6 Å². The molecule has 0 radical (unpaired) electrons. The molecule has 2 atom stereocenters. The van der Waals surface area contributed by atoms with E-state index in [1.54, 1.807) is 30.3 Å². The maximum atomic E-state index is 12.4. The molecule has 1 aromatic heterocycles. The molecule has 2 amide bonds. The number of nitrogens with zero attached hydrogens (tertiary/aromatic N) is 2. The SMILES string of the molecule is C[C@@H](OC(=O)[C@@H]1CC(=O)N(Cc2ccco2)C1)C(=O)Nc1cccc(C#N)c1. The van der Waals surface area contributed by atoms with Crippen molar-refractivity contribution in [2.24, 2.45) is 5.92 Å². The average molecular weight is 381 g/mol. The zero-order chi connectivity index (χ0) is 20.1. The highest BCUT2D eigenvalue weighted by Gasteiger charge is 2.36. The molecule has 0 aliphatic carbocycles. The minimum Gasteiger partial charge on any atom is -0.467 e. The molecule has 2 heterocycles. The number of hydrogen-bond donors (Lipinski definition) is 1. The first-order valence-corrected chi connectivity index (χ1v) is 8.78. The molecule has 1 aliphatic rings. The Hall–Kier alpha value is -3.60. The summed E-state index contributed by atoms with van der Waals surface area (Å²) in [7, 11) is 0. The van der Waals surface area contributed by atoms with Gasteiger partial charge in [0.25, 0.3) is 5.91 Å². The Kier molecular flexibility index (Phi) is 5.75. The van der Waals surface area contributed by atoms with E-state index in [0.717, 1.165) is 0 Å². The molecule has 1 N–H and O–H groups in total. The van der Waals surface area contributed by atoms with Crippen molar-refractivity contribution < 1.29 is 23.5 Å². The molecule has 28 heavy (non-hydrogen) atoms. The highest BCUT2D eigenvalue weighted by molar-refractivity contribution is 5.95. The van der Waals surface area contributed by atoms with E-state index in [2.05, 4.69) is 5.32 Å². The number of ether oxygens (including phenoxy) is 1. The molecule has 0 bridgehead atoms. The van der Waals surface area contributed by atoms with Gasteiger partial charge in [-0.25, -0.2) is 0 Å². The molecule has 0 unspecified atom stereocenters. The van der Waals surface area contributed by atoms with Crippen LogP contribution in [0.5, 0.6) is 0 Å². The Labute approximate surface area is 161 Å². The summed E-state index contributed by atoms with van der Waals surface area (Å²) in [6.07, 6.45) is 0.527. The van der Waals surface area contributed by atoms with Crippen LogP contribution in [0, 0.1) is 17.2 Å². The molecule has 0 spiro atoms. The van der Waals surface area contributed by atoms with E-state index < -0.39 is 23.9 Å². The number of esters is 1. The molecule has 3 rings (SSSR count). The number of nitriles is 1. The first kappa shape index (κ1) is 19.2. The summed E-state index contributed by atoms with van der Waals surface area (Å²) in [5, 5.41) is 11.5. The number of anilines is 1. The summed E-state index contributed by atoms with van der Waals surface area (Å²) < 4.78 is 10.5. The van der Waals surface area contributed by atoms with Crippen molar-refractivity contribution in [2.75, 3.05) is 11.9 Å². The van der Waals surface area contributed by atoms with E-state index >= 15 is 0 Å². The van der Waals surface area contributed by atoms with Crippen molar-refractivity contribution in [3.05, 3.63) is 54.0 Å². The fourth-order valence-electron chi connectivity index (χ4n) is 2.91. The largest absolute Gasteiger partial charge is 0.467 e. The summed E-state index contributed by atoms with van der Waals surface area (Å²) >= 11 is 0. The maximum Gasteiger partial charge on any atom is 0.312 e. The molecule has 8 nitrogen and oxygen atoms in total. The first-order valence-electron chi connectivity index (χ1n) is 8.78. The second-order valence-corrected chi connectivity index (χ2v) is 6.52. The van der Waals surface area contributed by atoms with Gasteiger partial charge in [-0.2, -0.15) is 5.26 Å². The third-order valence-corrected chi connectivity index (χ3v) is 4.40. The Morgan fingerprint density at radius 2 is 2.21 bits per heavy atom. The summed E-state index contributed by atoms with van der Waals surface area (Å²) in [6, 6.07) is 11.9. The molecule has 1 fully saturated rings. The molecular formula is C20H19N3O5. The predicted octanol–water partition coefficient (Wildman–Crippen LogP) is 2.07. The summed E-state index contributed by atoms with van der Waals surface area (Å²) in [5.74, 6) is -1.26. The molecule has 1 aliphatic heterocycles. The Balaban J connectivity index is 1.53. The van der Waals surface area contributed by atoms with Crippen LogP contribution >= 0.6 is 0 Å². The number of carbonyl (C=O) groups excluding carboxylic acids is 3. The van der Waals surface area contributed by atoms with Gasteiger partial charge in [-0.05, 0) is 37.3 Å². The van der Waals surface area contributed by atoms with Gasteiger partial charge < -0.3 is 19.4 Å². The standard InChI is InChI=1S/C20H19N3O5/c1-13(19(25)22-16-5-2-4-14(8-16)10-21)28-20(26)15-9-18(24)23(11-15)12-17-6-3-7-27-17/h2-8,13,15H,9,11-12H2,1H3,(H,22,25)/t13-,15-/m1/s1. The van der Waals surface area contributed by atoms with Gasteiger partial charge in [-0.15, -0.1) is 0 Å². The monoisotopic (exact) mass is 381 g/mol. The average Bonchev–Trinajstić information content (AvgIpc) is 3.32. The lowest BCUT2D eigenvalue weighted by Crippen LogP contribution is -2.33. The Morgan fingerprint density at radius 1 is 1.39 bits per heavy atom. The van der Waals surface area contributed by atoms with Gasteiger partial charge in [0, 0.05) is 18.7 Å². The second-order valence-electron chi connectivity index (χ2n) is 6.52. The quantitative estimate of drug-likeness (QED) is 0.767. The lowest BCUT2D eigenvalue weighted by atomic mass is 10.1. The molecule has 144 valence electrons. The van der Waals surface area contributed by atoms with Crippen LogP contribution in [-0.2, 0) is 25.7 Å². The minimum absolute atomic E-state index is 0.0398. The van der Waals surface area contributed by atoms with Gasteiger partial charge in [0.15, 0.2) is 6.10 Å². The van der Waals surface area contributed by atoms with Crippen molar-refractivity contribution in [3.8, 4) is 6.07 Å². The van der Waals surface area contributed by atoms with Crippen molar-refractivity contribution in [1.29, 1.82) is 5.26 Å². The maximum absolute atomic E-state index is 12.4. The van der Waals surface area contributed by atoms with Gasteiger partial charge in [0.2, 0.25) is 5.91 Å². The van der Waals surface area contributed by atoms with Crippen LogP contribution in [0.25, 0.3) is 0 Å². The fourth-order valence-corrected chi connectivity index (χ4v) is 2.91. The van der Waals surface area contributed by atoms with Gasteiger partial charge in [-0.1, -0.05) is 6.07 Å². The third kappa shape index (κ3) is 4.57. The summed E-state index contributed by atoms with van der Waals surface area (Å²) in [5.41, 5.74) is 0.844. The lowest BCUT2D eigenvalue weighted by Gasteiger charge is -2.17. The van der Waals surface area contributed by atoms with Crippen LogP contribution in [0.2, 0.25) is 0 Å². The van der Waals surface area contributed by atoms with Crippen LogP contribution < -0.4 is 5.32 Å². The van der Waals surface area contributed by atoms with Crippen molar-refractivity contribution in [2.45, 2.75) is 26.0 Å². The number of carbonyl (C=O) groups is 3. The van der Waals surface area contributed by atoms with Crippen molar-refractivity contribution in [3.63, 3.8) is 0 Å². The lowest BCUT2D eigenvalue weighted by molar-refractivity contribution is -0.157. The number of benzene rings is 1. The fraction of sp³-hybridized carbons (Fsp3) is 0.300. The number of amides is 2. The molecule has 2 aromatic rings. The number of likely N-dealkylation sites (tertiary alicyclic amines) is 1. The topological polar surface area (TPSA) is 113 Å². The highest BCUT2D eigenvalue weighted by atomic mass is 16.5. The normalized spacial score (nSPS) is 17.1. The molecule has 1 saturated heterocycles. The molecule has 1 aromatic carbocycles. The zero-order valence-electron chi connectivity index (χ0n) is 15.3. The van der Waals surface area contributed by atoms with E-state index in [9.17, 15) is 14.4 Å². The van der Waals surface area contributed by atoms with Gasteiger partial charge in [-0.3, -0.25) is 14.4 Å². The Bertz CT molecular complexity index is 916. The number of rotatable bonds is 6. The van der Waals surface area contributed by atoms with Crippen molar-refractivity contribution in [1.82, 2.24) is 4.90 Å². The molecular weight excluding hydrogens is 362 g/mol.